The fourth-order valence-corrected chi connectivity index (χ4v) is 0.476. The Balaban J connectivity index is 3.62. The SMILES string of the molecule is CC/C=C\C(C)C(C)=O. The van der Waals surface area contributed by atoms with Crippen molar-refractivity contribution in [1.82, 2.24) is 0 Å². The number of hydrogen-bond acceptors (Lipinski definition) is 1. The first kappa shape index (κ1) is 8.41. The second kappa shape index (κ2) is 4.30. The molecule has 1 atom stereocenters. The van der Waals surface area contributed by atoms with E-state index in [1.54, 1.807) is 6.92 Å². The molecule has 0 aliphatic rings. The van der Waals surface area contributed by atoms with Gasteiger partial charge in [-0.15, -0.1) is 0 Å². The third-order valence-corrected chi connectivity index (χ3v) is 1.30. The maximum atomic E-state index is 10.6. The third kappa shape index (κ3) is 3.95. The van der Waals surface area contributed by atoms with Gasteiger partial charge in [0.25, 0.3) is 0 Å². The van der Waals surface area contributed by atoms with E-state index >= 15 is 0 Å². The number of Topliss-reactive ketones (excluding diaryl/α,β-unsaturated/α-hetero) is 1. The standard InChI is InChI=1S/C8H14O/c1-4-5-6-7(2)8(3)9/h5-7H,4H2,1-3H3/b6-5-. The van der Waals surface area contributed by atoms with Crippen molar-refractivity contribution in [3.63, 3.8) is 0 Å². The lowest BCUT2D eigenvalue weighted by Gasteiger charge is -1.96. The molecule has 0 bridgehead atoms. The zero-order valence-corrected chi connectivity index (χ0v) is 6.35. The van der Waals surface area contributed by atoms with Gasteiger partial charge in [0.05, 0.1) is 0 Å². The van der Waals surface area contributed by atoms with Crippen LogP contribution in [0, 0.1) is 5.92 Å². The monoisotopic (exact) mass is 126 g/mol. The summed E-state index contributed by atoms with van der Waals surface area (Å²) in [7, 11) is 0. The molecule has 0 heterocycles. The van der Waals surface area contributed by atoms with Crippen LogP contribution in [0.5, 0.6) is 0 Å². The van der Waals surface area contributed by atoms with Crippen LogP contribution in [0.3, 0.4) is 0 Å². The van der Waals surface area contributed by atoms with Crippen molar-refractivity contribution < 1.29 is 4.79 Å². The van der Waals surface area contributed by atoms with E-state index in [9.17, 15) is 4.79 Å². The minimum Gasteiger partial charge on any atom is -0.299 e. The van der Waals surface area contributed by atoms with Gasteiger partial charge in [-0.25, -0.2) is 0 Å². The molecule has 0 rings (SSSR count). The van der Waals surface area contributed by atoms with Crippen LogP contribution in [0.25, 0.3) is 0 Å². The summed E-state index contributed by atoms with van der Waals surface area (Å²) in [4.78, 5) is 10.6. The molecule has 0 N–H and O–H groups in total. The maximum absolute atomic E-state index is 10.6. The van der Waals surface area contributed by atoms with E-state index in [1.807, 2.05) is 19.1 Å². The Morgan fingerprint density at radius 2 is 2.22 bits per heavy atom. The fraction of sp³-hybridized carbons (Fsp3) is 0.625. The fourth-order valence-electron chi connectivity index (χ4n) is 0.476. The molecule has 0 spiro atoms. The van der Waals surface area contributed by atoms with Gasteiger partial charge < -0.3 is 0 Å². The molecule has 0 fully saturated rings. The Hall–Kier alpha value is -0.590. The summed E-state index contributed by atoms with van der Waals surface area (Å²) >= 11 is 0. The van der Waals surface area contributed by atoms with Crippen molar-refractivity contribution in [2.45, 2.75) is 27.2 Å². The lowest BCUT2D eigenvalue weighted by molar-refractivity contribution is -0.118. The average Bonchev–Trinajstić information content (AvgIpc) is 1.82. The molecule has 0 radical (unpaired) electrons. The van der Waals surface area contributed by atoms with Gasteiger partial charge in [0.1, 0.15) is 5.78 Å². The van der Waals surface area contributed by atoms with Crippen LogP contribution in [0.15, 0.2) is 12.2 Å². The molecule has 9 heavy (non-hydrogen) atoms. The Labute approximate surface area is 56.8 Å². The molecule has 0 aliphatic heterocycles. The summed E-state index contributed by atoms with van der Waals surface area (Å²) < 4.78 is 0. The van der Waals surface area contributed by atoms with E-state index in [4.69, 9.17) is 0 Å². The molecule has 1 heteroatoms. The van der Waals surface area contributed by atoms with Gasteiger partial charge in [0.2, 0.25) is 0 Å². The maximum Gasteiger partial charge on any atom is 0.136 e. The van der Waals surface area contributed by atoms with Crippen molar-refractivity contribution in [3.8, 4) is 0 Å². The quantitative estimate of drug-likeness (QED) is 0.530. The van der Waals surface area contributed by atoms with Gasteiger partial charge in [-0.3, -0.25) is 4.79 Å². The predicted octanol–water partition coefficient (Wildman–Crippen LogP) is 2.18. The number of carbonyl (C=O) groups is 1. The van der Waals surface area contributed by atoms with Crippen molar-refractivity contribution in [2.75, 3.05) is 0 Å². The van der Waals surface area contributed by atoms with E-state index in [-0.39, 0.29) is 11.7 Å². The first-order chi connectivity index (χ1) is 4.18. The predicted molar refractivity (Wildman–Crippen MR) is 39.3 cm³/mol. The topological polar surface area (TPSA) is 17.1 Å². The normalized spacial score (nSPS) is 14.1. The van der Waals surface area contributed by atoms with Gasteiger partial charge in [-0.2, -0.15) is 0 Å². The molecule has 0 aromatic rings. The zero-order chi connectivity index (χ0) is 7.28. The number of carbonyl (C=O) groups excluding carboxylic acids is 1. The summed E-state index contributed by atoms with van der Waals surface area (Å²) in [5.74, 6) is 0.338. The van der Waals surface area contributed by atoms with Crippen molar-refractivity contribution in [3.05, 3.63) is 12.2 Å². The van der Waals surface area contributed by atoms with Crippen LogP contribution in [0.1, 0.15) is 27.2 Å². The van der Waals surface area contributed by atoms with Crippen LogP contribution in [-0.4, -0.2) is 5.78 Å². The second-order valence-electron chi connectivity index (χ2n) is 2.24. The van der Waals surface area contributed by atoms with Crippen molar-refractivity contribution >= 4 is 5.78 Å². The smallest absolute Gasteiger partial charge is 0.136 e. The molecule has 52 valence electrons. The number of rotatable bonds is 3. The van der Waals surface area contributed by atoms with E-state index in [0.29, 0.717) is 0 Å². The molecule has 0 aromatic heterocycles. The summed E-state index contributed by atoms with van der Waals surface area (Å²) in [6.07, 6.45) is 4.98. The number of hydrogen-bond donors (Lipinski definition) is 0. The molecule has 0 saturated carbocycles. The average molecular weight is 126 g/mol. The van der Waals surface area contributed by atoms with E-state index in [2.05, 4.69) is 6.92 Å². The molecular formula is C8H14O. The zero-order valence-electron chi connectivity index (χ0n) is 6.35. The number of ketones is 1. The Morgan fingerprint density at radius 1 is 1.67 bits per heavy atom. The third-order valence-electron chi connectivity index (χ3n) is 1.30. The molecule has 1 nitrogen and oxygen atoms in total. The van der Waals surface area contributed by atoms with Gasteiger partial charge >= 0.3 is 0 Å². The van der Waals surface area contributed by atoms with Crippen molar-refractivity contribution in [2.24, 2.45) is 5.92 Å². The van der Waals surface area contributed by atoms with E-state index in [1.165, 1.54) is 0 Å². The Kier molecular flexibility index (Phi) is 4.02. The largest absolute Gasteiger partial charge is 0.299 e. The summed E-state index contributed by atoms with van der Waals surface area (Å²) in [6.45, 7) is 5.59. The van der Waals surface area contributed by atoms with Crippen LogP contribution >= 0.6 is 0 Å². The molecule has 0 aromatic carbocycles. The van der Waals surface area contributed by atoms with Gasteiger partial charge in [-0.1, -0.05) is 26.0 Å². The lowest BCUT2D eigenvalue weighted by atomic mass is 10.1. The molecule has 0 aliphatic carbocycles. The molecule has 1 unspecified atom stereocenters. The first-order valence-corrected chi connectivity index (χ1v) is 3.35. The van der Waals surface area contributed by atoms with Crippen LogP contribution in [0.4, 0.5) is 0 Å². The molecule has 0 saturated heterocycles. The summed E-state index contributed by atoms with van der Waals surface area (Å²) in [5.41, 5.74) is 0. The highest BCUT2D eigenvalue weighted by atomic mass is 16.1. The van der Waals surface area contributed by atoms with Crippen LogP contribution < -0.4 is 0 Å². The van der Waals surface area contributed by atoms with Crippen LogP contribution in [-0.2, 0) is 4.79 Å². The highest BCUT2D eigenvalue weighted by Crippen LogP contribution is 1.98. The van der Waals surface area contributed by atoms with E-state index < -0.39 is 0 Å². The Bertz CT molecular complexity index is 114. The first-order valence-electron chi connectivity index (χ1n) is 3.35. The minimum atomic E-state index is 0.102. The van der Waals surface area contributed by atoms with Crippen LogP contribution in [0.2, 0.25) is 0 Å². The minimum absolute atomic E-state index is 0.102. The van der Waals surface area contributed by atoms with Gasteiger partial charge in [0, 0.05) is 5.92 Å². The lowest BCUT2D eigenvalue weighted by Crippen LogP contribution is -2.01. The highest BCUT2D eigenvalue weighted by molar-refractivity contribution is 5.79. The van der Waals surface area contributed by atoms with Gasteiger partial charge in [-0.05, 0) is 13.3 Å². The van der Waals surface area contributed by atoms with E-state index in [0.717, 1.165) is 6.42 Å². The Morgan fingerprint density at radius 3 is 2.56 bits per heavy atom. The summed E-state index contributed by atoms with van der Waals surface area (Å²) in [5, 5.41) is 0. The second-order valence-corrected chi connectivity index (χ2v) is 2.24. The summed E-state index contributed by atoms with van der Waals surface area (Å²) in [6, 6.07) is 0. The molecule has 0 amide bonds. The number of allylic oxidation sites excluding steroid dienone is 2. The molecular weight excluding hydrogens is 112 g/mol. The van der Waals surface area contributed by atoms with Gasteiger partial charge in [0.15, 0.2) is 0 Å². The van der Waals surface area contributed by atoms with Crippen molar-refractivity contribution in [1.29, 1.82) is 0 Å². The highest BCUT2D eigenvalue weighted by Gasteiger charge is 1.99.